The van der Waals surface area contributed by atoms with Crippen LogP contribution in [0.1, 0.15) is 5.56 Å². The SMILES string of the molecule is Cc1ccc(N)c(-c2ccc3cc(S(=O)(=O)O)ccc3c2)c1.[KH]. The Morgan fingerprint density at radius 2 is 1.57 bits per heavy atom. The Bertz CT molecular complexity index is 984. The number of rotatable bonds is 2. The van der Waals surface area contributed by atoms with Gasteiger partial charge >= 0.3 is 51.4 Å². The summed E-state index contributed by atoms with van der Waals surface area (Å²) in [6.07, 6.45) is 0. The quantitative estimate of drug-likeness (QED) is 0.422. The third kappa shape index (κ3) is 4.03. The molecule has 4 nitrogen and oxygen atoms in total. The molecule has 0 unspecified atom stereocenters. The van der Waals surface area contributed by atoms with Gasteiger partial charge < -0.3 is 5.73 Å². The number of anilines is 1. The number of benzene rings is 3. The molecule has 0 aliphatic carbocycles. The Kier molecular flexibility index (Phi) is 5.68. The van der Waals surface area contributed by atoms with Gasteiger partial charge in [0.1, 0.15) is 0 Å². The molecule has 0 aromatic heterocycles. The summed E-state index contributed by atoms with van der Waals surface area (Å²) in [7, 11) is -4.19. The van der Waals surface area contributed by atoms with Crippen LogP contribution < -0.4 is 5.73 Å². The van der Waals surface area contributed by atoms with E-state index in [0.717, 1.165) is 27.5 Å². The first-order chi connectivity index (χ1) is 10.3. The molecular weight excluding hydrogens is 337 g/mol. The molecule has 114 valence electrons. The van der Waals surface area contributed by atoms with Gasteiger partial charge in [-0.3, -0.25) is 4.55 Å². The van der Waals surface area contributed by atoms with Gasteiger partial charge in [-0.05, 0) is 53.6 Å². The number of hydrogen-bond donors (Lipinski definition) is 2. The van der Waals surface area contributed by atoms with E-state index in [2.05, 4.69) is 0 Å². The van der Waals surface area contributed by atoms with Crippen molar-refractivity contribution in [3.05, 3.63) is 60.2 Å². The molecule has 0 amide bonds. The van der Waals surface area contributed by atoms with Gasteiger partial charge in [0.15, 0.2) is 0 Å². The molecule has 0 fully saturated rings. The summed E-state index contributed by atoms with van der Waals surface area (Å²) in [4.78, 5) is -0.109. The summed E-state index contributed by atoms with van der Waals surface area (Å²) in [6, 6.07) is 16.0. The molecule has 0 bridgehead atoms. The number of aryl methyl sites for hydroxylation is 1. The van der Waals surface area contributed by atoms with Crippen LogP contribution in [0.3, 0.4) is 0 Å². The molecule has 0 saturated carbocycles. The second kappa shape index (κ2) is 7.02. The number of fused-ring (bicyclic) bond motifs is 1. The predicted octanol–water partition coefficient (Wildman–Crippen LogP) is 3.00. The minimum absolute atomic E-state index is 0. The van der Waals surface area contributed by atoms with Gasteiger partial charge in [-0.25, -0.2) is 0 Å². The van der Waals surface area contributed by atoms with E-state index in [-0.39, 0.29) is 56.3 Å². The van der Waals surface area contributed by atoms with Crippen LogP contribution >= 0.6 is 0 Å². The molecular formula is C17H16KNO3S. The predicted molar refractivity (Wildman–Crippen MR) is 95.5 cm³/mol. The van der Waals surface area contributed by atoms with Crippen LogP contribution in [0.25, 0.3) is 21.9 Å². The van der Waals surface area contributed by atoms with Crippen LogP contribution in [-0.4, -0.2) is 64.4 Å². The topological polar surface area (TPSA) is 80.4 Å². The van der Waals surface area contributed by atoms with Gasteiger partial charge in [0.05, 0.1) is 4.90 Å². The van der Waals surface area contributed by atoms with Crippen molar-refractivity contribution >= 4 is 78.0 Å². The molecule has 3 rings (SSSR count). The van der Waals surface area contributed by atoms with Gasteiger partial charge in [-0.15, -0.1) is 0 Å². The Morgan fingerprint density at radius 3 is 2.26 bits per heavy atom. The van der Waals surface area contributed by atoms with Crippen LogP contribution in [-0.2, 0) is 10.1 Å². The first-order valence-electron chi connectivity index (χ1n) is 6.72. The molecule has 0 spiro atoms. The molecule has 0 aliphatic heterocycles. The van der Waals surface area contributed by atoms with E-state index in [1.54, 1.807) is 6.07 Å². The molecule has 3 aromatic carbocycles. The average molecular weight is 353 g/mol. The average Bonchev–Trinajstić information content (AvgIpc) is 2.47. The van der Waals surface area contributed by atoms with Gasteiger partial charge in [-0.1, -0.05) is 29.8 Å². The fourth-order valence-corrected chi connectivity index (χ4v) is 2.99. The van der Waals surface area contributed by atoms with Crippen LogP contribution in [0.15, 0.2) is 59.5 Å². The van der Waals surface area contributed by atoms with Crippen molar-refractivity contribution in [2.75, 3.05) is 5.73 Å². The maximum absolute atomic E-state index is 11.2. The normalized spacial score (nSPS) is 11.2. The van der Waals surface area contributed by atoms with Crippen molar-refractivity contribution < 1.29 is 13.0 Å². The Hall–Kier alpha value is -0.734. The van der Waals surface area contributed by atoms with Gasteiger partial charge in [0.25, 0.3) is 10.1 Å². The zero-order chi connectivity index (χ0) is 15.9. The van der Waals surface area contributed by atoms with Crippen molar-refractivity contribution in [1.82, 2.24) is 0 Å². The molecule has 3 N–H and O–H groups in total. The van der Waals surface area contributed by atoms with Crippen LogP contribution in [0, 0.1) is 6.92 Å². The molecule has 0 radical (unpaired) electrons. The summed E-state index contributed by atoms with van der Waals surface area (Å²) in [5, 5.41) is 1.62. The van der Waals surface area contributed by atoms with E-state index < -0.39 is 10.1 Å². The van der Waals surface area contributed by atoms with Gasteiger partial charge in [0, 0.05) is 11.3 Å². The number of nitrogens with two attached hydrogens (primary N) is 1. The van der Waals surface area contributed by atoms with Gasteiger partial charge in [-0.2, -0.15) is 8.42 Å². The van der Waals surface area contributed by atoms with E-state index >= 15 is 0 Å². The second-order valence-corrected chi connectivity index (χ2v) is 6.71. The van der Waals surface area contributed by atoms with Gasteiger partial charge in [0.2, 0.25) is 0 Å². The number of hydrogen-bond acceptors (Lipinski definition) is 3. The summed E-state index contributed by atoms with van der Waals surface area (Å²) in [5.74, 6) is 0. The Morgan fingerprint density at radius 1 is 0.913 bits per heavy atom. The molecule has 23 heavy (non-hydrogen) atoms. The Labute approximate surface area is 177 Å². The molecule has 0 atom stereocenters. The molecule has 0 aliphatic rings. The summed E-state index contributed by atoms with van der Waals surface area (Å²) >= 11 is 0. The molecule has 0 heterocycles. The van der Waals surface area contributed by atoms with Crippen molar-refractivity contribution in [1.29, 1.82) is 0 Å². The monoisotopic (exact) mass is 353 g/mol. The van der Waals surface area contributed by atoms with E-state index in [0.29, 0.717) is 5.69 Å². The van der Waals surface area contributed by atoms with Crippen LogP contribution in [0.2, 0.25) is 0 Å². The Balaban J connectivity index is 0.00000192. The van der Waals surface area contributed by atoms with E-state index in [9.17, 15) is 8.42 Å². The van der Waals surface area contributed by atoms with Crippen molar-refractivity contribution in [2.45, 2.75) is 11.8 Å². The summed E-state index contributed by atoms with van der Waals surface area (Å²) in [6.45, 7) is 2.00. The maximum atomic E-state index is 11.2. The van der Waals surface area contributed by atoms with E-state index in [1.807, 2.05) is 43.3 Å². The fraction of sp³-hybridized carbons (Fsp3) is 0.0588. The van der Waals surface area contributed by atoms with Crippen molar-refractivity contribution in [3.8, 4) is 11.1 Å². The van der Waals surface area contributed by atoms with E-state index in [1.165, 1.54) is 12.1 Å². The minimum atomic E-state index is -4.19. The van der Waals surface area contributed by atoms with E-state index in [4.69, 9.17) is 10.3 Å². The van der Waals surface area contributed by atoms with Crippen LogP contribution in [0.4, 0.5) is 5.69 Å². The van der Waals surface area contributed by atoms with Crippen molar-refractivity contribution in [3.63, 3.8) is 0 Å². The first-order valence-corrected chi connectivity index (χ1v) is 8.16. The zero-order valence-corrected chi connectivity index (χ0v) is 12.8. The summed E-state index contributed by atoms with van der Waals surface area (Å²) < 4.78 is 31.5. The standard InChI is InChI=1S/C17H15NO3S.K.H/c1-11-2-7-17(18)16(8-11)14-4-3-13-10-15(22(19,20)21)6-5-12(13)9-14;;/h2-10H,18H2,1H3,(H,19,20,21);;. The fourth-order valence-electron chi connectivity index (χ4n) is 2.47. The van der Waals surface area contributed by atoms with Crippen LogP contribution in [0.5, 0.6) is 0 Å². The number of nitrogen functional groups attached to an aromatic ring is 1. The molecule has 0 saturated heterocycles. The third-order valence-electron chi connectivity index (χ3n) is 3.63. The molecule has 3 aromatic rings. The second-order valence-electron chi connectivity index (χ2n) is 5.29. The first kappa shape index (κ1) is 18.6. The van der Waals surface area contributed by atoms with Crippen molar-refractivity contribution in [2.24, 2.45) is 0 Å². The third-order valence-corrected chi connectivity index (χ3v) is 4.48. The zero-order valence-electron chi connectivity index (χ0n) is 11.9. The summed E-state index contributed by atoms with van der Waals surface area (Å²) in [5.41, 5.74) is 9.76. The molecule has 6 heteroatoms.